The summed E-state index contributed by atoms with van der Waals surface area (Å²) in [7, 11) is -0.986. The van der Waals surface area contributed by atoms with Crippen molar-refractivity contribution in [2.24, 2.45) is 0 Å². The lowest BCUT2D eigenvalue weighted by Crippen LogP contribution is -2.23. The van der Waals surface area contributed by atoms with E-state index in [1.807, 2.05) is 0 Å². The van der Waals surface area contributed by atoms with E-state index in [2.05, 4.69) is 0 Å². The summed E-state index contributed by atoms with van der Waals surface area (Å²) in [4.78, 5) is 0. The average molecular weight is 231 g/mol. The van der Waals surface area contributed by atoms with Crippen LogP contribution in [-0.4, -0.2) is 68.5 Å². The van der Waals surface area contributed by atoms with Gasteiger partial charge < -0.3 is 30.6 Å². The Balaban J connectivity index is 0. The van der Waals surface area contributed by atoms with Gasteiger partial charge in [-0.1, -0.05) is 4.57 Å². The van der Waals surface area contributed by atoms with Crippen LogP contribution in [0.2, 0.25) is 0 Å². The minimum atomic E-state index is -1.31. The number of aliphatic hydroxyl groups excluding tert-OH is 6. The standard InChI is InChI=1S/C3H7O4P.C3H8O3/c4-1-2(5)3(6)8-7;4-1-3(6)2-5/h2-6H,1H2;3-6H,1-2H2/p+1. The summed E-state index contributed by atoms with van der Waals surface area (Å²) in [5.74, 6) is -1.31. The monoisotopic (exact) mass is 231 g/mol. The molecule has 0 saturated heterocycles. The fraction of sp³-hybridized carbons (Fsp3) is 1.00. The van der Waals surface area contributed by atoms with Gasteiger partial charge in [-0.05, 0) is 0 Å². The SMILES string of the molecule is O=[PH+]C(O)C(O)CO.OCC(O)CO. The summed E-state index contributed by atoms with van der Waals surface area (Å²) in [6, 6.07) is 0. The molecule has 0 aliphatic rings. The van der Waals surface area contributed by atoms with Crippen molar-refractivity contribution in [3.63, 3.8) is 0 Å². The lowest BCUT2D eigenvalue weighted by Gasteiger charge is -2.00. The molecule has 0 amide bonds. The maximum Gasteiger partial charge on any atom is 0.359 e. The lowest BCUT2D eigenvalue weighted by atomic mass is 10.4. The van der Waals surface area contributed by atoms with E-state index in [1.165, 1.54) is 0 Å². The first-order valence-corrected chi connectivity index (χ1v) is 4.76. The van der Waals surface area contributed by atoms with Crippen molar-refractivity contribution < 1.29 is 35.2 Å². The molecule has 0 aromatic rings. The predicted molar refractivity (Wildman–Crippen MR) is 48.3 cm³/mol. The van der Waals surface area contributed by atoms with Crippen molar-refractivity contribution in [3.8, 4) is 0 Å². The van der Waals surface area contributed by atoms with Crippen molar-refractivity contribution in [3.05, 3.63) is 0 Å². The highest BCUT2D eigenvalue weighted by molar-refractivity contribution is 7.24. The zero-order chi connectivity index (χ0) is 11.6. The molecular formula is C6H16O7P+. The Kier molecular flexibility index (Phi) is 12.7. The first-order valence-electron chi connectivity index (χ1n) is 3.77. The highest BCUT2D eigenvalue weighted by Gasteiger charge is 2.21. The average Bonchev–Trinajstić information content (AvgIpc) is 2.26. The molecule has 0 saturated carbocycles. The van der Waals surface area contributed by atoms with E-state index in [1.54, 1.807) is 0 Å². The number of hydrogen-bond acceptors (Lipinski definition) is 7. The Morgan fingerprint density at radius 1 is 0.929 bits per heavy atom. The first kappa shape index (κ1) is 16.3. The summed E-state index contributed by atoms with van der Waals surface area (Å²) in [6.45, 7) is -1.29. The fourth-order valence-electron chi connectivity index (χ4n) is 0.236. The Morgan fingerprint density at radius 3 is 1.43 bits per heavy atom. The van der Waals surface area contributed by atoms with Gasteiger partial charge in [0.25, 0.3) is 5.85 Å². The van der Waals surface area contributed by atoms with Crippen LogP contribution in [0.15, 0.2) is 0 Å². The zero-order valence-corrected chi connectivity index (χ0v) is 8.44. The molecule has 0 heterocycles. The maximum atomic E-state index is 9.74. The Morgan fingerprint density at radius 2 is 1.36 bits per heavy atom. The lowest BCUT2D eigenvalue weighted by molar-refractivity contribution is 0.0260. The van der Waals surface area contributed by atoms with Gasteiger partial charge >= 0.3 is 8.46 Å². The molecule has 8 heteroatoms. The van der Waals surface area contributed by atoms with Gasteiger partial charge in [0.1, 0.15) is 12.2 Å². The molecule has 86 valence electrons. The normalized spacial score (nSPS) is 14.8. The second kappa shape index (κ2) is 10.9. The van der Waals surface area contributed by atoms with Crippen LogP contribution in [0.4, 0.5) is 0 Å². The van der Waals surface area contributed by atoms with Gasteiger partial charge in [-0.25, -0.2) is 0 Å². The van der Waals surface area contributed by atoms with E-state index in [4.69, 9.17) is 30.6 Å². The number of rotatable bonds is 5. The van der Waals surface area contributed by atoms with Crippen molar-refractivity contribution in [1.82, 2.24) is 0 Å². The molecule has 0 radical (unpaired) electrons. The molecular weight excluding hydrogens is 215 g/mol. The van der Waals surface area contributed by atoms with Crippen LogP contribution in [0.1, 0.15) is 0 Å². The molecule has 14 heavy (non-hydrogen) atoms. The second-order valence-electron chi connectivity index (χ2n) is 2.33. The van der Waals surface area contributed by atoms with E-state index < -0.39 is 33.1 Å². The van der Waals surface area contributed by atoms with Gasteiger partial charge in [0, 0.05) is 0 Å². The molecule has 3 unspecified atom stereocenters. The van der Waals surface area contributed by atoms with E-state index in [-0.39, 0.29) is 13.2 Å². The van der Waals surface area contributed by atoms with Crippen LogP contribution >= 0.6 is 8.46 Å². The van der Waals surface area contributed by atoms with Gasteiger partial charge in [0.2, 0.25) is 0 Å². The summed E-state index contributed by atoms with van der Waals surface area (Å²) in [5.41, 5.74) is 0. The predicted octanol–water partition coefficient (Wildman–Crippen LogP) is -2.99. The van der Waals surface area contributed by atoms with Crippen LogP contribution in [0.3, 0.4) is 0 Å². The summed E-state index contributed by atoms with van der Waals surface area (Å²) in [5, 5.41) is 49.0. The molecule has 0 aromatic carbocycles. The topological polar surface area (TPSA) is 138 Å². The molecule has 0 spiro atoms. The Bertz CT molecular complexity index is 129. The van der Waals surface area contributed by atoms with Crippen LogP contribution < -0.4 is 0 Å². The van der Waals surface area contributed by atoms with Crippen LogP contribution in [0, 0.1) is 0 Å². The van der Waals surface area contributed by atoms with Crippen LogP contribution in [0.5, 0.6) is 0 Å². The van der Waals surface area contributed by atoms with E-state index in [9.17, 15) is 4.57 Å². The molecule has 7 nitrogen and oxygen atoms in total. The number of aliphatic hydroxyl groups is 6. The third-order valence-electron chi connectivity index (χ3n) is 1.09. The van der Waals surface area contributed by atoms with E-state index >= 15 is 0 Å². The summed E-state index contributed by atoms with van der Waals surface area (Å²) >= 11 is 0. The molecule has 3 atom stereocenters. The van der Waals surface area contributed by atoms with Gasteiger partial charge in [0.15, 0.2) is 0 Å². The smallest absolute Gasteiger partial charge is 0.359 e. The third-order valence-corrected chi connectivity index (χ3v) is 1.72. The minimum Gasteiger partial charge on any atom is -0.394 e. The minimum absolute atomic E-state index is 0.365. The molecule has 0 aromatic heterocycles. The largest absolute Gasteiger partial charge is 0.394 e. The van der Waals surface area contributed by atoms with Crippen molar-refractivity contribution in [1.29, 1.82) is 0 Å². The zero-order valence-electron chi connectivity index (χ0n) is 7.44. The molecule has 6 N–H and O–H groups in total. The van der Waals surface area contributed by atoms with Gasteiger partial charge in [0.05, 0.1) is 19.8 Å². The highest BCUT2D eigenvalue weighted by Crippen LogP contribution is 2.05. The quantitative estimate of drug-likeness (QED) is 0.277. The molecule has 0 aliphatic carbocycles. The van der Waals surface area contributed by atoms with Crippen molar-refractivity contribution in [2.75, 3.05) is 19.8 Å². The van der Waals surface area contributed by atoms with E-state index in [0.29, 0.717) is 0 Å². The second-order valence-corrected chi connectivity index (χ2v) is 3.16. The molecule has 0 aliphatic heterocycles. The molecule has 0 fully saturated rings. The van der Waals surface area contributed by atoms with E-state index in [0.717, 1.165) is 0 Å². The highest BCUT2D eigenvalue weighted by atomic mass is 31.1. The summed E-state index contributed by atoms with van der Waals surface area (Å²) < 4.78 is 9.74. The summed E-state index contributed by atoms with van der Waals surface area (Å²) in [6.07, 6.45) is -2.23. The van der Waals surface area contributed by atoms with Crippen molar-refractivity contribution >= 4 is 8.46 Å². The van der Waals surface area contributed by atoms with Gasteiger partial charge in [-0.2, -0.15) is 0 Å². The fourth-order valence-corrected chi connectivity index (χ4v) is 0.499. The van der Waals surface area contributed by atoms with Gasteiger partial charge in [-0.15, -0.1) is 0 Å². The van der Waals surface area contributed by atoms with Crippen molar-refractivity contribution in [2.45, 2.75) is 18.1 Å². The Hall–Kier alpha value is -0.140. The van der Waals surface area contributed by atoms with Crippen LogP contribution in [-0.2, 0) is 4.57 Å². The Labute approximate surface area is 82.5 Å². The third kappa shape index (κ3) is 9.94. The number of hydrogen-bond donors (Lipinski definition) is 6. The maximum absolute atomic E-state index is 9.74. The molecule has 0 rings (SSSR count). The first-order chi connectivity index (χ1) is 6.53. The van der Waals surface area contributed by atoms with Gasteiger partial charge in [-0.3, -0.25) is 0 Å². The van der Waals surface area contributed by atoms with Crippen LogP contribution in [0.25, 0.3) is 0 Å². The molecule has 0 bridgehead atoms.